The standard InChI is InChI=1S/C12H17BrN4O2S/c1-18-4-3-17-12(9(13)6-15-17)11(16-14)10-5-8(19-2)7-20-10/h5-7,11,16H,3-4,14H2,1-2H3. The minimum absolute atomic E-state index is 0.155. The minimum atomic E-state index is -0.155. The van der Waals surface area contributed by atoms with E-state index in [4.69, 9.17) is 15.3 Å². The Morgan fingerprint density at radius 1 is 1.55 bits per heavy atom. The fourth-order valence-corrected chi connectivity index (χ4v) is 3.35. The molecule has 20 heavy (non-hydrogen) atoms. The van der Waals surface area contributed by atoms with E-state index in [0.29, 0.717) is 13.2 Å². The summed E-state index contributed by atoms with van der Waals surface area (Å²) >= 11 is 5.11. The van der Waals surface area contributed by atoms with Crippen LogP contribution in [0.15, 0.2) is 22.1 Å². The van der Waals surface area contributed by atoms with E-state index in [1.54, 1.807) is 31.8 Å². The SMILES string of the molecule is COCCn1ncc(Br)c1C(NN)c1cc(OC)cs1. The Hall–Kier alpha value is -0.930. The summed E-state index contributed by atoms with van der Waals surface area (Å²) in [5.74, 6) is 6.56. The van der Waals surface area contributed by atoms with E-state index in [0.717, 1.165) is 20.8 Å². The van der Waals surface area contributed by atoms with Crippen molar-refractivity contribution in [3.05, 3.63) is 32.7 Å². The maximum atomic E-state index is 5.74. The molecule has 0 aliphatic rings. The molecule has 0 spiro atoms. The van der Waals surface area contributed by atoms with Gasteiger partial charge in [0, 0.05) is 17.4 Å². The van der Waals surface area contributed by atoms with Crippen molar-refractivity contribution >= 4 is 27.3 Å². The van der Waals surface area contributed by atoms with Crippen LogP contribution in [-0.4, -0.2) is 30.6 Å². The number of nitrogens with one attached hydrogen (secondary N) is 1. The Balaban J connectivity index is 2.33. The number of hydrazine groups is 1. The van der Waals surface area contributed by atoms with E-state index in [1.165, 1.54) is 0 Å². The number of halogens is 1. The maximum Gasteiger partial charge on any atom is 0.129 e. The van der Waals surface area contributed by atoms with Crippen molar-refractivity contribution in [3.8, 4) is 5.75 Å². The Morgan fingerprint density at radius 3 is 2.95 bits per heavy atom. The molecule has 110 valence electrons. The van der Waals surface area contributed by atoms with Crippen molar-refractivity contribution in [2.75, 3.05) is 20.8 Å². The second-order valence-electron chi connectivity index (χ2n) is 4.08. The predicted molar refractivity (Wildman–Crippen MR) is 81.8 cm³/mol. The molecule has 0 fully saturated rings. The molecule has 2 heterocycles. The number of ether oxygens (including phenoxy) is 2. The second-order valence-corrected chi connectivity index (χ2v) is 5.88. The molecular formula is C12H17BrN4O2S. The average molecular weight is 361 g/mol. The zero-order chi connectivity index (χ0) is 14.5. The van der Waals surface area contributed by atoms with E-state index in [9.17, 15) is 0 Å². The van der Waals surface area contributed by atoms with Gasteiger partial charge >= 0.3 is 0 Å². The van der Waals surface area contributed by atoms with Gasteiger partial charge in [-0.3, -0.25) is 10.5 Å². The quantitative estimate of drug-likeness (QED) is 0.582. The van der Waals surface area contributed by atoms with Gasteiger partial charge < -0.3 is 9.47 Å². The molecule has 0 amide bonds. The van der Waals surface area contributed by atoms with Crippen LogP contribution in [0, 0.1) is 0 Å². The number of hydrogen-bond acceptors (Lipinski definition) is 6. The molecule has 0 saturated carbocycles. The Morgan fingerprint density at radius 2 is 2.35 bits per heavy atom. The zero-order valence-corrected chi connectivity index (χ0v) is 13.7. The lowest BCUT2D eigenvalue weighted by molar-refractivity contribution is 0.182. The third-order valence-corrected chi connectivity index (χ3v) is 4.48. The van der Waals surface area contributed by atoms with Gasteiger partial charge in [0.05, 0.1) is 42.7 Å². The van der Waals surface area contributed by atoms with Crippen molar-refractivity contribution in [1.82, 2.24) is 15.2 Å². The van der Waals surface area contributed by atoms with E-state index in [2.05, 4.69) is 26.5 Å². The summed E-state index contributed by atoms with van der Waals surface area (Å²) in [7, 11) is 3.32. The van der Waals surface area contributed by atoms with Crippen LogP contribution in [0.4, 0.5) is 0 Å². The molecule has 3 N–H and O–H groups in total. The summed E-state index contributed by atoms with van der Waals surface area (Å²) in [6.45, 7) is 1.25. The fourth-order valence-electron chi connectivity index (χ4n) is 1.90. The van der Waals surface area contributed by atoms with Gasteiger partial charge in [-0.05, 0) is 22.0 Å². The molecule has 1 unspecified atom stereocenters. The van der Waals surface area contributed by atoms with Crippen molar-refractivity contribution in [2.45, 2.75) is 12.6 Å². The molecule has 0 saturated heterocycles. The second kappa shape index (κ2) is 7.19. The molecule has 0 bridgehead atoms. The van der Waals surface area contributed by atoms with Crippen LogP contribution in [0.5, 0.6) is 5.75 Å². The molecule has 2 aromatic rings. The molecule has 0 aliphatic carbocycles. The minimum Gasteiger partial charge on any atom is -0.496 e. The van der Waals surface area contributed by atoms with Crippen molar-refractivity contribution in [3.63, 3.8) is 0 Å². The third-order valence-electron chi connectivity index (χ3n) is 2.90. The van der Waals surface area contributed by atoms with Gasteiger partial charge in [0.15, 0.2) is 0 Å². The first-order valence-electron chi connectivity index (χ1n) is 6.00. The van der Waals surface area contributed by atoms with Crippen molar-refractivity contribution in [1.29, 1.82) is 0 Å². The van der Waals surface area contributed by atoms with E-state index in [-0.39, 0.29) is 6.04 Å². The van der Waals surface area contributed by atoms with Crippen LogP contribution >= 0.6 is 27.3 Å². The summed E-state index contributed by atoms with van der Waals surface area (Å²) in [5, 5.41) is 6.29. The first-order chi connectivity index (χ1) is 9.71. The highest BCUT2D eigenvalue weighted by Crippen LogP contribution is 2.33. The molecule has 0 aromatic carbocycles. The third kappa shape index (κ3) is 3.21. The monoisotopic (exact) mass is 360 g/mol. The summed E-state index contributed by atoms with van der Waals surface area (Å²) in [4.78, 5) is 1.06. The molecule has 6 nitrogen and oxygen atoms in total. The lowest BCUT2D eigenvalue weighted by Gasteiger charge is -2.17. The molecule has 1 atom stereocenters. The van der Waals surface area contributed by atoms with Crippen LogP contribution < -0.4 is 16.0 Å². The molecule has 0 aliphatic heterocycles. The first-order valence-corrected chi connectivity index (χ1v) is 7.67. The number of nitrogens with two attached hydrogens (primary N) is 1. The normalized spacial score (nSPS) is 12.6. The number of hydrogen-bond donors (Lipinski definition) is 2. The highest BCUT2D eigenvalue weighted by Gasteiger charge is 2.22. The fraction of sp³-hybridized carbons (Fsp3) is 0.417. The van der Waals surface area contributed by atoms with Gasteiger partial charge in [-0.15, -0.1) is 11.3 Å². The lowest BCUT2D eigenvalue weighted by Crippen LogP contribution is -2.30. The van der Waals surface area contributed by atoms with Crippen LogP contribution in [-0.2, 0) is 11.3 Å². The number of rotatable bonds is 7. The van der Waals surface area contributed by atoms with Crippen LogP contribution in [0.25, 0.3) is 0 Å². The van der Waals surface area contributed by atoms with Crippen LogP contribution in [0.2, 0.25) is 0 Å². The Bertz CT molecular complexity index is 557. The largest absolute Gasteiger partial charge is 0.496 e. The van der Waals surface area contributed by atoms with Gasteiger partial charge in [0.1, 0.15) is 5.75 Å². The molecule has 0 radical (unpaired) electrons. The van der Waals surface area contributed by atoms with Gasteiger partial charge in [0.2, 0.25) is 0 Å². The van der Waals surface area contributed by atoms with Gasteiger partial charge in [0.25, 0.3) is 0 Å². The van der Waals surface area contributed by atoms with Crippen molar-refractivity contribution < 1.29 is 9.47 Å². The van der Waals surface area contributed by atoms with E-state index in [1.807, 2.05) is 16.1 Å². The maximum absolute atomic E-state index is 5.74. The molecule has 2 aromatic heterocycles. The van der Waals surface area contributed by atoms with Gasteiger partial charge in [-0.25, -0.2) is 5.43 Å². The van der Waals surface area contributed by atoms with Gasteiger partial charge in [-0.2, -0.15) is 5.10 Å². The highest BCUT2D eigenvalue weighted by atomic mass is 79.9. The Kier molecular flexibility index (Phi) is 5.55. The molecule has 2 rings (SSSR count). The summed E-state index contributed by atoms with van der Waals surface area (Å²) < 4.78 is 13.1. The summed E-state index contributed by atoms with van der Waals surface area (Å²) in [6, 6.07) is 1.81. The summed E-state index contributed by atoms with van der Waals surface area (Å²) in [6.07, 6.45) is 1.76. The van der Waals surface area contributed by atoms with Crippen LogP contribution in [0.1, 0.15) is 16.6 Å². The molecular weight excluding hydrogens is 344 g/mol. The van der Waals surface area contributed by atoms with Crippen molar-refractivity contribution in [2.24, 2.45) is 5.84 Å². The lowest BCUT2D eigenvalue weighted by atomic mass is 10.2. The van der Waals surface area contributed by atoms with E-state index < -0.39 is 0 Å². The predicted octanol–water partition coefficient (Wildman–Crippen LogP) is 1.91. The van der Waals surface area contributed by atoms with Crippen LogP contribution in [0.3, 0.4) is 0 Å². The number of methoxy groups -OCH3 is 2. The number of aromatic nitrogens is 2. The van der Waals surface area contributed by atoms with E-state index >= 15 is 0 Å². The smallest absolute Gasteiger partial charge is 0.129 e. The first kappa shape index (κ1) is 15.5. The zero-order valence-electron chi connectivity index (χ0n) is 11.3. The summed E-state index contributed by atoms with van der Waals surface area (Å²) in [5.41, 5.74) is 3.81. The number of thiophene rings is 1. The average Bonchev–Trinajstić information content (AvgIpc) is 3.06. The topological polar surface area (TPSA) is 74.3 Å². The molecule has 8 heteroatoms. The number of nitrogens with zero attached hydrogens (tertiary/aromatic N) is 2. The van der Waals surface area contributed by atoms with Gasteiger partial charge in [-0.1, -0.05) is 0 Å². The Labute approximate surface area is 130 Å². The highest BCUT2D eigenvalue weighted by molar-refractivity contribution is 9.10.